The Balaban J connectivity index is 0.00000193. The van der Waals surface area contributed by atoms with Crippen molar-refractivity contribution in [2.75, 3.05) is 11.9 Å². The van der Waals surface area contributed by atoms with E-state index in [4.69, 9.17) is 16.9 Å². The van der Waals surface area contributed by atoms with Gasteiger partial charge in [0.25, 0.3) is 0 Å². The van der Waals surface area contributed by atoms with Gasteiger partial charge in [0.05, 0.1) is 6.04 Å². The summed E-state index contributed by atoms with van der Waals surface area (Å²) in [7, 11) is 0. The number of nitrogens with one attached hydrogen (secondary N) is 3. The summed E-state index contributed by atoms with van der Waals surface area (Å²) in [6.45, 7) is 1.02. The van der Waals surface area contributed by atoms with Gasteiger partial charge in [0.15, 0.2) is 5.96 Å². The summed E-state index contributed by atoms with van der Waals surface area (Å²) >= 11 is 0. The largest absolute Gasteiger partial charge is 0.370 e. The van der Waals surface area contributed by atoms with Crippen LogP contribution in [0.2, 0.25) is 0 Å². The Morgan fingerprint density at radius 3 is 2.39 bits per heavy atom. The van der Waals surface area contributed by atoms with Crippen LogP contribution in [0.15, 0.2) is 24.3 Å². The lowest BCUT2D eigenvalue weighted by atomic mass is 9.84. The van der Waals surface area contributed by atoms with Gasteiger partial charge in [0.1, 0.15) is 5.54 Å². The number of halogens is 2. The first-order valence-electron chi connectivity index (χ1n) is 11.5. The van der Waals surface area contributed by atoms with Crippen LogP contribution in [0.1, 0.15) is 56.9 Å². The molecule has 33 heavy (non-hydrogen) atoms. The lowest BCUT2D eigenvalue weighted by molar-refractivity contribution is -0.142. The monoisotopic (exact) mass is 498 g/mol. The molecule has 7 N–H and O–H groups in total. The number of fused-ring (bicyclic) bond motifs is 1. The molecular weight excluding hydrogens is 463 g/mol. The van der Waals surface area contributed by atoms with Crippen LogP contribution < -0.4 is 22.1 Å². The van der Waals surface area contributed by atoms with Crippen molar-refractivity contribution in [3.05, 3.63) is 29.8 Å². The number of nitrogens with two attached hydrogens (primary N) is 2. The van der Waals surface area contributed by atoms with E-state index >= 15 is 0 Å². The number of hydrogen-bond donors (Lipinski definition) is 5. The summed E-state index contributed by atoms with van der Waals surface area (Å²) in [5.41, 5.74) is 12.6. The lowest BCUT2D eigenvalue weighted by Gasteiger charge is -2.31. The van der Waals surface area contributed by atoms with Crippen molar-refractivity contribution in [3.8, 4) is 0 Å². The molecule has 0 radical (unpaired) electrons. The molecule has 1 aromatic carbocycles. The number of anilines is 1. The summed E-state index contributed by atoms with van der Waals surface area (Å²) < 4.78 is 0. The van der Waals surface area contributed by atoms with Crippen molar-refractivity contribution in [2.24, 2.45) is 23.3 Å². The van der Waals surface area contributed by atoms with Gasteiger partial charge in [0.2, 0.25) is 11.8 Å². The van der Waals surface area contributed by atoms with Crippen molar-refractivity contribution in [1.82, 2.24) is 10.2 Å². The van der Waals surface area contributed by atoms with Crippen LogP contribution >= 0.6 is 24.8 Å². The second kappa shape index (κ2) is 11.4. The van der Waals surface area contributed by atoms with E-state index in [-0.39, 0.29) is 48.5 Å². The van der Waals surface area contributed by atoms with Crippen LogP contribution in [0.5, 0.6) is 0 Å². The van der Waals surface area contributed by atoms with Gasteiger partial charge in [-0.15, -0.1) is 24.8 Å². The van der Waals surface area contributed by atoms with Crippen LogP contribution in [0, 0.1) is 17.2 Å². The second-order valence-corrected chi connectivity index (χ2v) is 9.37. The van der Waals surface area contributed by atoms with E-state index in [1.54, 1.807) is 4.90 Å². The molecule has 0 spiro atoms. The number of nitrogens with zero attached hydrogens (tertiary/aromatic N) is 1. The van der Waals surface area contributed by atoms with E-state index in [2.05, 4.69) is 10.6 Å². The number of rotatable bonds is 7. The number of benzene rings is 1. The molecule has 1 saturated heterocycles. The molecule has 3 aliphatic rings. The molecule has 1 aromatic rings. The minimum absolute atomic E-state index is 0. The molecule has 8 nitrogen and oxygen atoms in total. The average Bonchev–Trinajstić information content (AvgIpc) is 3.38. The first kappa shape index (κ1) is 27.2. The zero-order valence-corrected chi connectivity index (χ0v) is 20.5. The number of carbonyl (C=O) groups excluding carboxylic acids is 2. The molecular formula is C23H36Cl2N6O2. The smallest absolute Gasteiger partial charge is 0.246 e. The third-order valence-electron chi connectivity index (χ3n) is 7.23. The minimum atomic E-state index is -0.697. The average molecular weight is 499 g/mol. The fraction of sp³-hybridized carbons (Fsp3) is 0.609. The Kier molecular flexibility index (Phi) is 9.40. The molecule has 2 aliphatic carbocycles. The Morgan fingerprint density at radius 2 is 1.79 bits per heavy atom. The van der Waals surface area contributed by atoms with Gasteiger partial charge >= 0.3 is 0 Å². The Labute approximate surface area is 207 Å². The number of likely N-dealkylation sites (tertiary alicyclic amines) is 1. The van der Waals surface area contributed by atoms with Crippen LogP contribution in [-0.4, -0.2) is 40.8 Å². The number of amides is 2. The molecule has 0 unspecified atom stereocenters. The first-order chi connectivity index (χ1) is 14.9. The van der Waals surface area contributed by atoms with Crippen molar-refractivity contribution >= 4 is 48.3 Å². The van der Waals surface area contributed by atoms with E-state index in [0.29, 0.717) is 19.0 Å². The van der Waals surface area contributed by atoms with Gasteiger partial charge in [-0.1, -0.05) is 44.2 Å². The summed E-state index contributed by atoms with van der Waals surface area (Å²) in [6.07, 6.45) is 8.42. The third kappa shape index (κ3) is 5.91. The van der Waals surface area contributed by atoms with Gasteiger partial charge in [-0.25, -0.2) is 0 Å². The number of carbonyl (C=O) groups is 2. The quantitative estimate of drug-likeness (QED) is 0.290. The maximum absolute atomic E-state index is 13.2. The molecule has 3 fully saturated rings. The van der Waals surface area contributed by atoms with Gasteiger partial charge in [-0.3, -0.25) is 15.0 Å². The second-order valence-electron chi connectivity index (χ2n) is 9.37. The molecule has 2 saturated carbocycles. The molecule has 1 aliphatic heterocycles. The lowest BCUT2D eigenvalue weighted by Crippen LogP contribution is -2.54. The van der Waals surface area contributed by atoms with Crippen molar-refractivity contribution in [2.45, 2.75) is 69.5 Å². The summed E-state index contributed by atoms with van der Waals surface area (Å²) in [6, 6.07) is 6.89. The molecule has 10 heteroatoms. The first-order valence-corrected chi connectivity index (χ1v) is 11.5. The highest BCUT2D eigenvalue weighted by Crippen LogP contribution is 2.56. The molecule has 0 aromatic heterocycles. The fourth-order valence-corrected chi connectivity index (χ4v) is 5.46. The number of piperidine rings is 1. The minimum Gasteiger partial charge on any atom is -0.370 e. The van der Waals surface area contributed by atoms with Crippen molar-refractivity contribution < 1.29 is 9.59 Å². The van der Waals surface area contributed by atoms with Gasteiger partial charge in [-0.05, 0) is 48.8 Å². The molecule has 4 rings (SSSR count). The van der Waals surface area contributed by atoms with Crippen LogP contribution in [-0.2, 0) is 16.1 Å². The normalized spacial score (nSPS) is 24.5. The fourth-order valence-electron chi connectivity index (χ4n) is 5.46. The van der Waals surface area contributed by atoms with Crippen LogP contribution in [0.25, 0.3) is 0 Å². The summed E-state index contributed by atoms with van der Waals surface area (Å²) in [5, 5.41) is 13.0. The standard InChI is InChI=1S/C23H34N6O2.2ClH/c24-19(12-15-4-2-1-3-5-15)20(30)29-11-10-17-13-23(17,29)21(31)27-14-16-6-8-18(9-7-16)28-22(25)26;;/h6-9,15,17,19H,1-5,10-14,24H2,(H,27,31)(H4,25,26,28);2*1H/t17-,19-,23+;;/m1../s1. The SMILES string of the molecule is Cl.Cl.N=C(N)Nc1ccc(CNC(=O)[C@]23C[C@H]2CCN3C(=O)[C@H](N)CC2CCCCC2)cc1. The molecule has 3 atom stereocenters. The van der Waals surface area contributed by atoms with Crippen LogP contribution in [0.3, 0.4) is 0 Å². The maximum atomic E-state index is 13.2. The van der Waals surface area contributed by atoms with E-state index in [1.165, 1.54) is 19.3 Å². The molecule has 2 amide bonds. The van der Waals surface area contributed by atoms with Gasteiger partial charge in [-0.2, -0.15) is 0 Å². The van der Waals surface area contributed by atoms with E-state index < -0.39 is 11.6 Å². The zero-order chi connectivity index (χ0) is 22.0. The van der Waals surface area contributed by atoms with Crippen molar-refractivity contribution in [1.29, 1.82) is 5.41 Å². The van der Waals surface area contributed by atoms with Gasteiger partial charge < -0.3 is 27.0 Å². The third-order valence-corrected chi connectivity index (χ3v) is 7.23. The topological polar surface area (TPSA) is 137 Å². The van der Waals surface area contributed by atoms with E-state index in [9.17, 15) is 9.59 Å². The highest BCUT2D eigenvalue weighted by atomic mass is 35.5. The van der Waals surface area contributed by atoms with Crippen molar-refractivity contribution in [3.63, 3.8) is 0 Å². The Bertz CT molecular complexity index is 846. The van der Waals surface area contributed by atoms with Gasteiger partial charge in [0, 0.05) is 18.8 Å². The highest BCUT2D eigenvalue weighted by Gasteiger charge is 2.68. The maximum Gasteiger partial charge on any atom is 0.246 e. The van der Waals surface area contributed by atoms with E-state index in [1.807, 2.05) is 24.3 Å². The predicted molar refractivity (Wildman–Crippen MR) is 135 cm³/mol. The highest BCUT2D eigenvalue weighted by molar-refractivity contribution is 5.97. The predicted octanol–water partition coefficient (Wildman–Crippen LogP) is 2.74. The molecule has 0 bridgehead atoms. The zero-order valence-electron chi connectivity index (χ0n) is 18.8. The number of guanidine groups is 1. The van der Waals surface area contributed by atoms with E-state index in [0.717, 1.165) is 43.4 Å². The molecule has 184 valence electrons. The Morgan fingerprint density at radius 1 is 1.12 bits per heavy atom. The summed E-state index contributed by atoms with van der Waals surface area (Å²) in [4.78, 5) is 28.0. The van der Waals surface area contributed by atoms with Crippen LogP contribution in [0.4, 0.5) is 5.69 Å². The Hall–Kier alpha value is -2.03. The summed E-state index contributed by atoms with van der Waals surface area (Å²) in [5.74, 6) is 0.545. The number of hydrogen-bond acceptors (Lipinski definition) is 4. The molecule has 1 heterocycles.